The van der Waals surface area contributed by atoms with Crippen LogP contribution in [0.25, 0.3) is 0 Å². The first kappa shape index (κ1) is 12.8. The topological polar surface area (TPSA) is 67.3 Å². The second-order valence-electron chi connectivity index (χ2n) is 4.60. The number of piperazine rings is 1. The Morgan fingerprint density at radius 1 is 1.44 bits per heavy atom. The molecule has 1 aliphatic heterocycles. The average molecular weight is 250 g/mol. The van der Waals surface area contributed by atoms with Crippen molar-refractivity contribution in [2.75, 3.05) is 25.1 Å². The summed E-state index contributed by atoms with van der Waals surface area (Å²) in [5.74, 6) is 0.368. The quantitative estimate of drug-likeness (QED) is 0.769. The maximum atomic E-state index is 11.4. The Morgan fingerprint density at radius 2 is 2.11 bits per heavy atom. The van der Waals surface area contributed by atoms with Crippen LogP contribution in [0.1, 0.15) is 24.5 Å². The summed E-state index contributed by atoms with van der Waals surface area (Å²) in [5.41, 5.74) is 0. The van der Waals surface area contributed by atoms with Gasteiger partial charge in [-0.25, -0.2) is 14.8 Å². The van der Waals surface area contributed by atoms with E-state index >= 15 is 0 Å². The second kappa shape index (κ2) is 5.30. The van der Waals surface area contributed by atoms with E-state index in [-0.39, 0.29) is 5.82 Å². The van der Waals surface area contributed by atoms with Crippen LogP contribution in [-0.4, -0.2) is 48.2 Å². The van der Waals surface area contributed by atoms with Crippen LogP contribution in [0.15, 0.2) is 12.3 Å². The number of hydrogen-bond acceptors (Lipinski definition) is 6. The van der Waals surface area contributed by atoms with Gasteiger partial charge in [-0.2, -0.15) is 0 Å². The molecular weight excluding hydrogens is 232 g/mol. The number of rotatable bonds is 2. The molecule has 0 radical (unpaired) electrons. The SMILES string of the molecule is COC(=O)c1nccc(N2CC(C)NC(C)C2)n1. The molecule has 0 aliphatic carbocycles. The molecule has 18 heavy (non-hydrogen) atoms. The van der Waals surface area contributed by atoms with Gasteiger partial charge in [0.2, 0.25) is 5.82 Å². The molecule has 6 nitrogen and oxygen atoms in total. The molecule has 1 fully saturated rings. The van der Waals surface area contributed by atoms with Crippen molar-refractivity contribution in [2.45, 2.75) is 25.9 Å². The van der Waals surface area contributed by atoms with E-state index in [2.05, 4.69) is 38.8 Å². The Bertz CT molecular complexity index is 428. The zero-order chi connectivity index (χ0) is 13.1. The summed E-state index contributed by atoms with van der Waals surface area (Å²) in [7, 11) is 1.33. The minimum atomic E-state index is -0.506. The van der Waals surface area contributed by atoms with Crippen LogP contribution in [0.4, 0.5) is 5.82 Å². The van der Waals surface area contributed by atoms with Gasteiger partial charge in [0.1, 0.15) is 5.82 Å². The lowest BCUT2D eigenvalue weighted by Gasteiger charge is -2.36. The Morgan fingerprint density at radius 3 is 2.72 bits per heavy atom. The van der Waals surface area contributed by atoms with Crippen molar-refractivity contribution in [2.24, 2.45) is 0 Å². The molecule has 0 bridgehead atoms. The molecule has 98 valence electrons. The van der Waals surface area contributed by atoms with Crippen LogP contribution in [0.2, 0.25) is 0 Å². The fourth-order valence-corrected chi connectivity index (χ4v) is 2.23. The zero-order valence-corrected chi connectivity index (χ0v) is 10.9. The van der Waals surface area contributed by atoms with E-state index in [1.54, 1.807) is 6.20 Å². The highest BCUT2D eigenvalue weighted by Crippen LogP contribution is 2.14. The summed E-state index contributed by atoms with van der Waals surface area (Å²) in [6.45, 7) is 5.99. The minimum Gasteiger partial charge on any atom is -0.463 e. The molecule has 1 N–H and O–H groups in total. The first-order chi connectivity index (χ1) is 8.60. The lowest BCUT2D eigenvalue weighted by Crippen LogP contribution is -2.54. The number of esters is 1. The summed E-state index contributed by atoms with van der Waals surface area (Å²) in [6, 6.07) is 2.60. The number of nitrogens with zero attached hydrogens (tertiary/aromatic N) is 3. The van der Waals surface area contributed by atoms with Crippen LogP contribution in [0, 0.1) is 0 Å². The van der Waals surface area contributed by atoms with Crippen molar-refractivity contribution in [3.05, 3.63) is 18.1 Å². The highest BCUT2D eigenvalue weighted by Gasteiger charge is 2.22. The summed E-state index contributed by atoms with van der Waals surface area (Å²) in [5, 5.41) is 3.45. The predicted octanol–water partition coefficient (Wildman–Crippen LogP) is 0.450. The zero-order valence-electron chi connectivity index (χ0n) is 10.9. The van der Waals surface area contributed by atoms with Gasteiger partial charge in [-0.1, -0.05) is 0 Å². The van der Waals surface area contributed by atoms with Gasteiger partial charge in [-0.05, 0) is 19.9 Å². The molecular formula is C12H18N4O2. The molecule has 0 aromatic carbocycles. The van der Waals surface area contributed by atoms with E-state index < -0.39 is 5.97 Å². The third kappa shape index (κ3) is 2.76. The summed E-state index contributed by atoms with van der Waals surface area (Å²) < 4.78 is 4.63. The Hall–Kier alpha value is -1.69. The fourth-order valence-electron chi connectivity index (χ4n) is 2.23. The minimum absolute atomic E-state index is 0.105. The van der Waals surface area contributed by atoms with Gasteiger partial charge in [0, 0.05) is 31.4 Å². The highest BCUT2D eigenvalue weighted by atomic mass is 16.5. The molecule has 1 aromatic heterocycles. The van der Waals surface area contributed by atoms with Crippen LogP contribution in [0.5, 0.6) is 0 Å². The average Bonchev–Trinajstić information content (AvgIpc) is 2.37. The highest BCUT2D eigenvalue weighted by molar-refractivity contribution is 5.85. The molecule has 2 unspecified atom stereocenters. The number of ether oxygens (including phenoxy) is 1. The van der Waals surface area contributed by atoms with E-state index in [4.69, 9.17) is 0 Å². The molecule has 1 aromatic rings. The van der Waals surface area contributed by atoms with Gasteiger partial charge in [-0.15, -0.1) is 0 Å². The molecule has 0 saturated carbocycles. The van der Waals surface area contributed by atoms with Crippen molar-refractivity contribution in [1.29, 1.82) is 0 Å². The van der Waals surface area contributed by atoms with Gasteiger partial charge < -0.3 is 15.0 Å². The van der Waals surface area contributed by atoms with Crippen molar-refractivity contribution >= 4 is 11.8 Å². The van der Waals surface area contributed by atoms with E-state index in [1.807, 2.05) is 6.07 Å². The normalized spacial score (nSPS) is 23.8. The van der Waals surface area contributed by atoms with Crippen LogP contribution >= 0.6 is 0 Å². The molecule has 6 heteroatoms. The van der Waals surface area contributed by atoms with E-state index in [9.17, 15) is 4.79 Å². The molecule has 2 rings (SSSR count). The molecule has 0 amide bonds. The van der Waals surface area contributed by atoms with Crippen LogP contribution in [0.3, 0.4) is 0 Å². The Kier molecular flexibility index (Phi) is 3.76. The van der Waals surface area contributed by atoms with E-state index in [0.29, 0.717) is 12.1 Å². The first-order valence-electron chi connectivity index (χ1n) is 6.02. The number of anilines is 1. The molecule has 1 aliphatic rings. The summed E-state index contributed by atoms with van der Waals surface area (Å²) >= 11 is 0. The van der Waals surface area contributed by atoms with Crippen molar-refractivity contribution < 1.29 is 9.53 Å². The number of nitrogens with one attached hydrogen (secondary N) is 1. The molecule has 0 spiro atoms. The van der Waals surface area contributed by atoms with E-state index in [0.717, 1.165) is 18.9 Å². The number of carbonyl (C=O) groups excluding carboxylic acids is 1. The predicted molar refractivity (Wildman–Crippen MR) is 67.6 cm³/mol. The summed E-state index contributed by atoms with van der Waals surface area (Å²) in [4.78, 5) is 21.7. The lowest BCUT2D eigenvalue weighted by atomic mass is 10.1. The largest absolute Gasteiger partial charge is 0.463 e. The van der Waals surface area contributed by atoms with Gasteiger partial charge in [0.15, 0.2) is 0 Å². The first-order valence-corrected chi connectivity index (χ1v) is 6.02. The Balaban J connectivity index is 2.20. The third-order valence-corrected chi connectivity index (χ3v) is 2.89. The molecule has 2 heterocycles. The van der Waals surface area contributed by atoms with Gasteiger partial charge >= 0.3 is 5.97 Å². The molecule has 1 saturated heterocycles. The van der Waals surface area contributed by atoms with E-state index in [1.165, 1.54) is 7.11 Å². The number of hydrogen-bond donors (Lipinski definition) is 1. The maximum Gasteiger partial charge on any atom is 0.376 e. The lowest BCUT2D eigenvalue weighted by molar-refractivity contribution is 0.0587. The third-order valence-electron chi connectivity index (χ3n) is 2.89. The number of carbonyl (C=O) groups is 1. The van der Waals surface area contributed by atoms with Crippen molar-refractivity contribution in [3.8, 4) is 0 Å². The van der Waals surface area contributed by atoms with Crippen LogP contribution < -0.4 is 10.2 Å². The van der Waals surface area contributed by atoms with Crippen molar-refractivity contribution in [3.63, 3.8) is 0 Å². The van der Waals surface area contributed by atoms with Crippen LogP contribution in [-0.2, 0) is 4.74 Å². The smallest absolute Gasteiger partial charge is 0.376 e. The van der Waals surface area contributed by atoms with Crippen molar-refractivity contribution in [1.82, 2.24) is 15.3 Å². The standard InChI is InChI=1S/C12H18N4O2/c1-8-6-16(7-9(2)14-8)10-4-5-13-11(15-10)12(17)18-3/h4-5,8-9,14H,6-7H2,1-3H3. The monoisotopic (exact) mass is 250 g/mol. The van der Waals surface area contributed by atoms with Gasteiger partial charge in [0.05, 0.1) is 7.11 Å². The van der Waals surface area contributed by atoms with Gasteiger partial charge in [0.25, 0.3) is 0 Å². The second-order valence-corrected chi connectivity index (χ2v) is 4.60. The summed E-state index contributed by atoms with van der Waals surface area (Å²) in [6.07, 6.45) is 1.59. The Labute approximate surface area is 106 Å². The number of aromatic nitrogens is 2. The molecule has 2 atom stereocenters. The van der Waals surface area contributed by atoms with Gasteiger partial charge in [-0.3, -0.25) is 0 Å². The fraction of sp³-hybridized carbons (Fsp3) is 0.583. The maximum absolute atomic E-state index is 11.4. The number of methoxy groups -OCH3 is 1.